The summed E-state index contributed by atoms with van der Waals surface area (Å²) in [5, 5.41) is 4.33. The molecule has 3 aromatic rings. The Balaban J connectivity index is 1.91. The molecule has 0 fully saturated rings. The molecule has 0 radical (unpaired) electrons. The number of rotatable bonds is 4. The zero-order valence-corrected chi connectivity index (χ0v) is 12.7. The molecular formula is C17H18N4O. The fraction of sp³-hybridized carbons (Fsp3) is 0.235. The average molecular weight is 294 g/mol. The van der Waals surface area contributed by atoms with Gasteiger partial charge in [-0.3, -0.25) is 4.79 Å². The molecule has 0 unspecified atom stereocenters. The zero-order valence-electron chi connectivity index (χ0n) is 12.7. The number of nitrogens with zero attached hydrogens (tertiary/aromatic N) is 2. The Morgan fingerprint density at radius 1 is 1.18 bits per heavy atom. The first kappa shape index (κ1) is 14.3. The molecular weight excluding hydrogens is 276 g/mol. The van der Waals surface area contributed by atoms with E-state index in [0.717, 1.165) is 40.2 Å². The van der Waals surface area contributed by atoms with Gasteiger partial charge in [0.2, 0.25) is 5.56 Å². The topological polar surface area (TPSA) is 70.7 Å². The maximum absolute atomic E-state index is 11.8. The van der Waals surface area contributed by atoms with Crippen LogP contribution in [-0.4, -0.2) is 15.0 Å². The number of anilines is 1. The quantitative estimate of drug-likeness (QED) is 0.776. The van der Waals surface area contributed by atoms with E-state index in [0.29, 0.717) is 6.54 Å². The van der Waals surface area contributed by atoms with Crippen molar-refractivity contribution in [3.8, 4) is 0 Å². The molecule has 0 amide bonds. The minimum atomic E-state index is -0.0939. The van der Waals surface area contributed by atoms with E-state index >= 15 is 0 Å². The predicted octanol–water partition coefficient (Wildman–Crippen LogP) is 2.80. The van der Waals surface area contributed by atoms with Crippen LogP contribution in [-0.2, 0) is 13.0 Å². The van der Waals surface area contributed by atoms with Crippen LogP contribution in [0.15, 0.2) is 41.2 Å². The van der Waals surface area contributed by atoms with Crippen molar-refractivity contribution in [2.24, 2.45) is 0 Å². The van der Waals surface area contributed by atoms with Crippen molar-refractivity contribution in [3.63, 3.8) is 0 Å². The molecule has 112 valence electrons. The van der Waals surface area contributed by atoms with Crippen LogP contribution in [0.4, 0.5) is 5.82 Å². The van der Waals surface area contributed by atoms with Gasteiger partial charge in [-0.2, -0.15) is 0 Å². The molecule has 1 aromatic carbocycles. The van der Waals surface area contributed by atoms with Gasteiger partial charge in [-0.25, -0.2) is 9.97 Å². The lowest BCUT2D eigenvalue weighted by molar-refractivity contribution is 0.942. The van der Waals surface area contributed by atoms with Crippen LogP contribution in [0.25, 0.3) is 10.9 Å². The van der Waals surface area contributed by atoms with E-state index in [2.05, 4.69) is 27.2 Å². The molecule has 0 aliphatic heterocycles. The lowest BCUT2D eigenvalue weighted by atomic mass is 10.1. The summed E-state index contributed by atoms with van der Waals surface area (Å²) < 4.78 is 0. The third-order valence-electron chi connectivity index (χ3n) is 3.55. The van der Waals surface area contributed by atoms with Crippen molar-refractivity contribution in [1.29, 1.82) is 0 Å². The van der Waals surface area contributed by atoms with E-state index in [1.807, 2.05) is 37.3 Å². The van der Waals surface area contributed by atoms with Gasteiger partial charge in [0.25, 0.3) is 0 Å². The minimum absolute atomic E-state index is 0.0939. The molecule has 2 aromatic heterocycles. The molecule has 3 rings (SSSR count). The van der Waals surface area contributed by atoms with Crippen molar-refractivity contribution in [1.82, 2.24) is 15.0 Å². The van der Waals surface area contributed by atoms with E-state index in [4.69, 9.17) is 0 Å². The van der Waals surface area contributed by atoms with Crippen LogP contribution < -0.4 is 10.9 Å². The summed E-state index contributed by atoms with van der Waals surface area (Å²) in [7, 11) is 0. The predicted molar refractivity (Wildman–Crippen MR) is 88.0 cm³/mol. The number of hydrogen-bond donors (Lipinski definition) is 2. The molecule has 0 atom stereocenters. The highest BCUT2D eigenvalue weighted by Crippen LogP contribution is 2.16. The Labute approximate surface area is 128 Å². The third-order valence-corrected chi connectivity index (χ3v) is 3.55. The molecule has 0 aliphatic rings. The van der Waals surface area contributed by atoms with Crippen LogP contribution in [0.2, 0.25) is 0 Å². The zero-order chi connectivity index (χ0) is 15.5. The van der Waals surface area contributed by atoms with Gasteiger partial charge in [-0.15, -0.1) is 0 Å². The molecule has 0 spiro atoms. The van der Waals surface area contributed by atoms with Gasteiger partial charge < -0.3 is 10.3 Å². The van der Waals surface area contributed by atoms with Gasteiger partial charge in [0, 0.05) is 35.3 Å². The standard InChI is InChI=1S/C17H18N4O/c1-3-13-9-16(20-11(2)19-13)18-10-12-8-17(22)21-15-7-5-4-6-14(12)15/h4-9H,3,10H2,1-2H3,(H,21,22)(H,18,19,20). The summed E-state index contributed by atoms with van der Waals surface area (Å²) in [6.45, 7) is 4.49. The molecule has 0 saturated heterocycles. The normalized spacial score (nSPS) is 10.8. The molecule has 2 heterocycles. The monoisotopic (exact) mass is 294 g/mol. The Bertz CT molecular complexity index is 870. The number of aromatic amines is 1. The van der Waals surface area contributed by atoms with Crippen molar-refractivity contribution in [2.45, 2.75) is 26.8 Å². The van der Waals surface area contributed by atoms with Crippen molar-refractivity contribution in [2.75, 3.05) is 5.32 Å². The number of H-pyrrole nitrogens is 1. The maximum Gasteiger partial charge on any atom is 0.248 e. The SMILES string of the molecule is CCc1cc(NCc2cc(=O)[nH]c3ccccc23)nc(C)n1. The number of para-hydroxylation sites is 1. The van der Waals surface area contributed by atoms with E-state index < -0.39 is 0 Å². The summed E-state index contributed by atoms with van der Waals surface area (Å²) in [5.41, 5.74) is 2.71. The first-order chi connectivity index (χ1) is 10.7. The summed E-state index contributed by atoms with van der Waals surface area (Å²) in [6, 6.07) is 11.4. The smallest absolute Gasteiger partial charge is 0.248 e. The number of nitrogens with one attached hydrogen (secondary N) is 2. The fourth-order valence-corrected chi connectivity index (χ4v) is 2.51. The second-order valence-corrected chi connectivity index (χ2v) is 5.20. The highest BCUT2D eigenvalue weighted by atomic mass is 16.1. The molecule has 0 bridgehead atoms. The summed E-state index contributed by atoms with van der Waals surface area (Å²) >= 11 is 0. The largest absolute Gasteiger partial charge is 0.366 e. The summed E-state index contributed by atoms with van der Waals surface area (Å²) in [5.74, 6) is 1.53. The van der Waals surface area contributed by atoms with Crippen LogP contribution in [0.3, 0.4) is 0 Å². The van der Waals surface area contributed by atoms with Gasteiger partial charge in [-0.05, 0) is 25.0 Å². The van der Waals surface area contributed by atoms with Crippen molar-refractivity contribution < 1.29 is 0 Å². The highest BCUT2D eigenvalue weighted by molar-refractivity contribution is 5.82. The van der Waals surface area contributed by atoms with Gasteiger partial charge in [-0.1, -0.05) is 25.1 Å². The molecule has 2 N–H and O–H groups in total. The van der Waals surface area contributed by atoms with Gasteiger partial charge >= 0.3 is 0 Å². The summed E-state index contributed by atoms with van der Waals surface area (Å²) in [6.07, 6.45) is 0.867. The van der Waals surface area contributed by atoms with E-state index in [1.165, 1.54) is 0 Å². The van der Waals surface area contributed by atoms with Crippen molar-refractivity contribution >= 4 is 16.7 Å². The molecule has 0 aliphatic carbocycles. The molecule has 5 heteroatoms. The molecule has 22 heavy (non-hydrogen) atoms. The van der Waals surface area contributed by atoms with E-state index in [9.17, 15) is 4.79 Å². The first-order valence-corrected chi connectivity index (χ1v) is 7.35. The number of benzene rings is 1. The van der Waals surface area contributed by atoms with Gasteiger partial charge in [0.1, 0.15) is 11.6 Å². The van der Waals surface area contributed by atoms with E-state index in [1.54, 1.807) is 6.07 Å². The highest BCUT2D eigenvalue weighted by Gasteiger charge is 2.05. The minimum Gasteiger partial charge on any atom is -0.366 e. The number of aromatic nitrogens is 3. The van der Waals surface area contributed by atoms with Crippen LogP contribution >= 0.6 is 0 Å². The summed E-state index contributed by atoms with van der Waals surface area (Å²) in [4.78, 5) is 23.4. The van der Waals surface area contributed by atoms with Gasteiger partial charge in [0.05, 0.1) is 0 Å². The Hall–Kier alpha value is -2.69. The van der Waals surface area contributed by atoms with Gasteiger partial charge in [0.15, 0.2) is 0 Å². The second-order valence-electron chi connectivity index (χ2n) is 5.20. The molecule has 0 saturated carbocycles. The first-order valence-electron chi connectivity index (χ1n) is 7.35. The second kappa shape index (κ2) is 5.97. The Morgan fingerprint density at radius 3 is 2.82 bits per heavy atom. The van der Waals surface area contributed by atoms with Crippen LogP contribution in [0.5, 0.6) is 0 Å². The number of hydrogen-bond acceptors (Lipinski definition) is 4. The Morgan fingerprint density at radius 2 is 2.00 bits per heavy atom. The van der Waals surface area contributed by atoms with Crippen molar-refractivity contribution in [3.05, 3.63) is 63.8 Å². The fourth-order valence-electron chi connectivity index (χ4n) is 2.51. The molecule has 5 nitrogen and oxygen atoms in total. The third kappa shape index (κ3) is 2.98. The average Bonchev–Trinajstić information content (AvgIpc) is 2.51. The lowest BCUT2D eigenvalue weighted by Crippen LogP contribution is -2.10. The van der Waals surface area contributed by atoms with Crippen LogP contribution in [0.1, 0.15) is 24.0 Å². The maximum atomic E-state index is 11.8. The Kier molecular flexibility index (Phi) is 3.87. The van der Waals surface area contributed by atoms with E-state index in [-0.39, 0.29) is 5.56 Å². The number of pyridine rings is 1. The number of aryl methyl sites for hydroxylation is 2. The number of fused-ring (bicyclic) bond motifs is 1. The lowest BCUT2D eigenvalue weighted by Gasteiger charge is -2.10. The van der Waals surface area contributed by atoms with Crippen LogP contribution in [0, 0.1) is 6.92 Å².